The maximum Gasteiger partial charge on any atom is 0.234 e. The van der Waals surface area contributed by atoms with E-state index in [9.17, 15) is 4.79 Å². The molecular formula is C14H29N3O. The molecule has 106 valence electrons. The predicted molar refractivity (Wildman–Crippen MR) is 75.3 cm³/mol. The van der Waals surface area contributed by atoms with Gasteiger partial charge in [0.1, 0.15) is 0 Å². The van der Waals surface area contributed by atoms with Crippen LogP contribution in [0.3, 0.4) is 0 Å². The van der Waals surface area contributed by atoms with Gasteiger partial charge < -0.3 is 11.1 Å². The van der Waals surface area contributed by atoms with Gasteiger partial charge in [0.25, 0.3) is 0 Å². The lowest BCUT2D eigenvalue weighted by Gasteiger charge is -2.37. The summed E-state index contributed by atoms with van der Waals surface area (Å²) in [5.41, 5.74) is 5.73. The molecule has 4 heteroatoms. The molecule has 4 nitrogen and oxygen atoms in total. The average Bonchev–Trinajstić information content (AvgIpc) is 2.31. The van der Waals surface area contributed by atoms with E-state index in [0.29, 0.717) is 24.4 Å². The van der Waals surface area contributed by atoms with E-state index in [2.05, 4.69) is 37.9 Å². The molecule has 0 spiro atoms. The number of piperidine rings is 1. The van der Waals surface area contributed by atoms with Crippen LogP contribution in [0.4, 0.5) is 0 Å². The summed E-state index contributed by atoms with van der Waals surface area (Å²) in [6.45, 7) is 10.7. The van der Waals surface area contributed by atoms with Crippen LogP contribution in [0.2, 0.25) is 0 Å². The number of nitrogens with two attached hydrogens (primary N) is 1. The minimum atomic E-state index is 0.140. The van der Waals surface area contributed by atoms with Gasteiger partial charge in [-0.25, -0.2) is 0 Å². The van der Waals surface area contributed by atoms with E-state index < -0.39 is 0 Å². The summed E-state index contributed by atoms with van der Waals surface area (Å²) in [6, 6.07) is 0.732. The second-order valence-electron chi connectivity index (χ2n) is 6.06. The number of nitrogens with one attached hydrogen (secondary N) is 1. The summed E-state index contributed by atoms with van der Waals surface area (Å²) in [5.74, 6) is 1.17. The summed E-state index contributed by atoms with van der Waals surface area (Å²) >= 11 is 0. The second kappa shape index (κ2) is 7.10. The van der Waals surface area contributed by atoms with E-state index in [-0.39, 0.29) is 11.9 Å². The molecule has 0 bridgehead atoms. The SMILES string of the molecule is CC(C)C(C)NC(=O)CN1CC(CN)CCC1C. The molecule has 0 aliphatic carbocycles. The van der Waals surface area contributed by atoms with Crippen LogP contribution in [0.1, 0.15) is 40.5 Å². The topological polar surface area (TPSA) is 58.4 Å². The Kier molecular flexibility index (Phi) is 6.09. The Bertz CT molecular complexity index is 268. The molecule has 1 heterocycles. The van der Waals surface area contributed by atoms with Crippen molar-refractivity contribution in [2.45, 2.75) is 52.6 Å². The van der Waals surface area contributed by atoms with Gasteiger partial charge in [0.2, 0.25) is 5.91 Å². The average molecular weight is 255 g/mol. The summed E-state index contributed by atoms with van der Waals surface area (Å²) < 4.78 is 0. The van der Waals surface area contributed by atoms with Crippen molar-refractivity contribution in [1.82, 2.24) is 10.2 Å². The number of hydrogen-bond donors (Lipinski definition) is 2. The van der Waals surface area contributed by atoms with Gasteiger partial charge in [0.15, 0.2) is 0 Å². The van der Waals surface area contributed by atoms with Crippen LogP contribution in [-0.2, 0) is 4.79 Å². The highest BCUT2D eigenvalue weighted by atomic mass is 16.2. The second-order valence-corrected chi connectivity index (χ2v) is 6.06. The van der Waals surface area contributed by atoms with E-state index in [1.165, 1.54) is 6.42 Å². The molecule has 1 rings (SSSR count). The Balaban J connectivity index is 2.42. The molecule has 1 fully saturated rings. The molecule has 3 atom stereocenters. The molecule has 0 aromatic rings. The largest absolute Gasteiger partial charge is 0.352 e. The van der Waals surface area contributed by atoms with Gasteiger partial charge >= 0.3 is 0 Å². The highest BCUT2D eigenvalue weighted by Crippen LogP contribution is 2.20. The van der Waals surface area contributed by atoms with Gasteiger partial charge in [-0.1, -0.05) is 13.8 Å². The maximum absolute atomic E-state index is 12.0. The number of nitrogens with zero attached hydrogens (tertiary/aromatic N) is 1. The third-order valence-electron chi connectivity index (χ3n) is 4.18. The smallest absolute Gasteiger partial charge is 0.234 e. The third kappa shape index (κ3) is 4.58. The maximum atomic E-state index is 12.0. The first-order valence-electron chi connectivity index (χ1n) is 7.17. The van der Waals surface area contributed by atoms with Crippen LogP contribution in [0.15, 0.2) is 0 Å². The van der Waals surface area contributed by atoms with Crippen LogP contribution in [0.25, 0.3) is 0 Å². The molecule has 1 aliphatic rings. The van der Waals surface area contributed by atoms with E-state index in [1.54, 1.807) is 0 Å². The minimum Gasteiger partial charge on any atom is -0.352 e. The monoisotopic (exact) mass is 255 g/mol. The molecule has 3 N–H and O–H groups in total. The molecule has 3 unspecified atom stereocenters. The summed E-state index contributed by atoms with van der Waals surface area (Å²) in [7, 11) is 0. The van der Waals surface area contributed by atoms with E-state index in [1.807, 2.05) is 0 Å². The standard InChI is InChI=1S/C14H29N3O/c1-10(2)12(4)16-14(18)9-17-8-13(7-15)6-5-11(17)3/h10-13H,5-9,15H2,1-4H3,(H,16,18). The van der Waals surface area contributed by atoms with Gasteiger partial charge in [-0.3, -0.25) is 9.69 Å². The van der Waals surface area contributed by atoms with Crippen molar-refractivity contribution in [3.8, 4) is 0 Å². The zero-order valence-corrected chi connectivity index (χ0v) is 12.3. The van der Waals surface area contributed by atoms with Gasteiger partial charge in [-0.05, 0) is 45.1 Å². The van der Waals surface area contributed by atoms with Gasteiger partial charge in [0.05, 0.1) is 6.54 Å². The summed E-state index contributed by atoms with van der Waals surface area (Å²) in [6.07, 6.45) is 2.34. The molecule has 0 saturated carbocycles. The van der Waals surface area contributed by atoms with Crippen LogP contribution < -0.4 is 11.1 Å². The third-order valence-corrected chi connectivity index (χ3v) is 4.18. The minimum absolute atomic E-state index is 0.140. The number of amides is 1. The molecule has 1 saturated heterocycles. The van der Waals surface area contributed by atoms with Crippen molar-refractivity contribution in [3.05, 3.63) is 0 Å². The fourth-order valence-corrected chi connectivity index (χ4v) is 2.33. The zero-order valence-electron chi connectivity index (χ0n) is 12.3. The van der Waals surface area contributed by atoms with Crippen molar-refractivity contribution in [1.29, 1.82) is 0 Å². The number of rotatable bonds is 5. The molecular weight excluding hydrogens is 226 g/mol. The molecule has 0 aromatic heterocycles. The molecule has 1 amide bonds. The first-order valence-corrected chi connectivity index (χ1v) is 7.17. The number of likely N-dealkylation sites (tertiary alicyclic amines) is 1. The fourth-order valence-electron chi connectivity index (χ4n) is 2.33. The van der Waals surface area contributed by atoms with E-state index >= 15 is 0 Å². The molecule has 1 aliphatic heterocycles. The number of hydrogen-bond acceptors (Lipinski definition) is 3. The Hall–Kier alpha value is -0.610. The Morgan fingerprint density at radius 2 is 2.06 bits per heavy atom. The van der Waals surface area contributed by atoms with Crippen LogP contribution in [0, 0.1) is 11.8 Å². The first kappa shape index (κ1) is 15.4. The highest BCUT2D eigenvalue weighted by molar-refractivity contribution is 5.78. The normalized spacial score (nSPS) is 27.2. The molecule has 18 heavy (non-hydrogen) atoms. The lowest BCUT2D eigenvalue weighted by Crippen LogP contribution is -2.49. The zero-order chi connectivity index (χ0) is 13.7. The number of carbonyl (C=O) groups excluding carboxylic acids is 1. The fraction of sp³-hybridized carbons (Fsp3) is 0.929. The highest BCUT2D eigenvalue weighted by Gasteiger charge is 2.26. The van der Waals surface area contributed by atoms with Crippen molar-refractivity contribution in [2.24, 2.45) is 17.6 Å². The molecule has 0 aromatic carbocycles. The summed E-state index contributed by atoms with van der Waals surface area (Å²) in [4.78, 5) is 14.2. The van der Waals surface area contributed by atoms with Crippen molar-refractivity contribution in [3.63, 3.8) is 0 Å². The van der Waals surface area contributed by atoms with Crippen LogP contribution >= 0.6 is 0 Å². The van der Waals surface area contributed by atoms with Crippen molar-refractivity contribution >= 4 is 5.91 Å². The summed E-state index contributed by atoms with van der Waals surface area (Å²) in [5, 5.41) is 3.07. The first-order chi connectivity index (χ1) is 8.43. The van der Waals surface area contributed by atoms with Gasteiger partial charge in [0, 0.05) is 18.6 Å². The van der Waals surface area contributed by atoms with Gasteiger partial charge in [-0.15, -0.1) is 0 Å². The van der Waals surface area contributed by atoms with Crippen molar-refractivity contribution < 1.29 is 4.79 Å². The van der Waals surface area contributed by atoms with Crippen LogP contribution in [-0.4, -0.2) is 42.5 Å². The Labute approximate surface area is 111 Å². The lowest BCUT2D eigenvalue weighted by molar-refractivity contribution is -0.124. The lowest BCUT2D eigenvalue weighted by atomic mass is 9.93. The number of carbonyl (C=O) groups is 1. The van der Waals surface area contributed by atoms with Crippen molar-refractivity contribution in [2.75, 3.05) is 19.6 Å². The van der Waals surface area contributed by atoms with E-state index in [0.717, 1.165) is 19.5 Å². The quantitative estimate of drug-likeness (QED) is 0.776. The Morgan fingerprint density at radius 3 is 2.61 bits per heavy atom. The Morgan fingerprint density at radius 1 is 1.39 bits per heavy atom. The van der Waals surface area contributed by atoms with Crippen LogP contribution in [0.5, 0.6) is 0 Å². The molecule has 0 radical (unpaired) electrons. The predicted octanol–water partition coefficient (Wildman–Crippen LogP) is 1.21. The van der Waals surface area contributed by atoms with Gasteiger partial charge in [-0.2, -0.15) is 0 Å². The van der Waals surface area contributed by atoms with E-state index in [4.69, 9.17) is 5.73 Å².